The number of nitrogens with two attached hydrogens (primary N) is 1. The van der Waals surface area contributed by atoms with Crippen LogP contribution in [0.5, 0.6) is 0 Å². The monoisotopic (exact) mass is 220 g/mol. The van der Waals surface area contributed by atoms with Gasteiger partial charge in [-0.15, -0.1) is 0 Å². The van der Waals surface area contributed by atoms with E-state index in [-0.39, 0.29) is 5.56 Å². The number of fused-ring (bicyclic) bond motifs is 1. The van der Waals surface area contributed by atoms with Gasteiger partial charge in [0.2, 0.25) is 5.43 Å². The molecule has 0 saturated carbocycles. The van der Waals surface area contributed by atoms with E-state index in [1.807, 2.05) is 0 Å². The van der Waals surface area contributed by atoms with E-state index in [2.05, 4.69) is 10.7 Å². The Morgan fingerprint density at radius 3 is 2.56 bits per heavy atom. The van der Waals surface area contributed by atoms with Gasteiger partial charge in [-0.3, -0.25) is 4.79 Å². The number of para-hydroxylation sites is 1. The Balaban J connectivity index is 0.000000606. The summed E-state index contributed by atoms with van der Waals surface area (Å²) in [6, 6.07) is 6.80. The molecule has 0 unspecified atom stereocenters. The van der Waals surface area contributed by atoms with Crippen molar-refractivity contribution in [3.63, 3.8) is 0 Å². The van der Waals surface area contributed by atoms with Gasteiger partial charge in [0.25, 0.3) is 0 Å². The molecule has 16 heavy (non-hydrogen) atoms. The van der Waals surface area contributed by atoms with Crippen LogP contribution < -0.4 is 11.2 Å². The minimum absolute atomic E-state index is 0.233. The number of carboxylic acids is 1. The molecule has 84 valence electrons. The van der Waals surface area contributed by atoms with Crippen molar-refractivity contribution in [1.29, 1.82) is 0 Å². The maximum atomic E-state index is 11.6. The summed E-state index contributed by atoms with van der Waals surface area (Å²) in [6.07, 6.45) is 1.22. The van der Waals surface area contributed by atoms with Gasteiger partial charge < -0.3 is 15.8 Å². The number of hydrogen-bond donors (Lipinski definition) is 3. The van der Waals surface area contributed by atoms with Crippen molar-refractivity contribution < 1.29 is 9.90 Å². The molecule has 2 rings (SSSR count). The summed E-state index contributed by atoms with van der Waals surface area (Å²) in [4.78, 5) is 25.0. The van der Waals surface area contributed by atoms with Crippen LogP contribution in [0.2, 0.25) is 0 Å². The van der Waals surface area contributed by atoms with Crippen molar-refractivity contribution in [2.24, 2.45) is 5.73 Å². The number of carboxylic acid groups (broad SMARTS) is 1. The van der Waals surface area contributed by atoms with Crippen molar-refractivity contribution in [2.45, 2.75) is 0 Å². The van der Waals surface area contributed by atoms with Gasteiger partial charge in [0.15, 0.2) is 0 Å². The summed E-state index contributed by atoms with van der Waals surface area (Å²) in [5.74, 6) is -1.21. The Morgan fingerprint density at radius 1 is 1.31 bits per heavy atom. The number of aromatic amines is 1. The average molecular weight is 220 g/mol. The number of rotatable bonds is 1. The number of pyridine rings is 1. The smallest absolute Gasteiger partial charge is 0.341 e. The van der Waals surface area contributed by atoms with Gasteiger partial charge >= 0.3 is 5.97 Å². The fraction of sp³-hybridized carbons (Fsp3) is 0.0909. The molecular weight excluding hydrogens is 208 g/mol. The lowest BCUT2D eigenvalue weighted by Crippen LogP contribution is -2.14. The second kappa shape index (κ2) is 5.09. The third-order valence-corrected chi connectivity index (χ3v) is 2.02. The van der Waals surface area contributed by atoms with Crippen molar-refractivity contribution in [3.8, 4) is 0 Å². The summed E-state index contributed by atoms with van der Waals surface area (Å²) < 4.78 is 0. The lowest BCUT2D eigenvalue weighted by atomic mass is 10.1. The highest BCUT2D eigenvalue weighted by Gasteiger charge is 2.10. The Hall–Kier alpha value is -2.14. The standard InChI is InChI=1S/C10H7NO3.CH5N/c12-9-6-3-1-2-4-8(6)11-5-7(9)10(13)14;1-2/h1-5H,(H,11,12)(H,13,14);2H2,1H3. The predicted octanol–water partition coefficient (Wildman–Crippen LogP) is 0.801. The summed E-state index contributed by atoms with van der Waals surface area (Å²) >= 11 is 0. The number of H-pyrrole nitrogens is 1. The number of hydrogen-bond acceptors (Lipinski definition) is 3. The quantitative estimate of drug-likeness (QED) is 0.662. The number of aromatic nitrogens is 1. The van der Waals surface area contributed by atoms with Gasteiger partial charge in [0, 0.05) is 17.1 Å². The van der Waals surface area contributed by atoms with Crippen LogP contribution in [0.4, 0.5) is 0 Å². The van der Waals surface area contributed by atoms with E-state index in [0.29, 0.717) is 10.9 Å². The van der Waals surface area contributed by atoms with Crippen molar-refractivity contribution in [1.82, 2.24) is 4.98 Å². The number of benzene rings is 1. The van der Waals surface area contributed by atoms with Crippen LogP contribution in [-0.4, -0.2) is 23.1 Å². The van der Waals surface area contributed by atoms with Gasteiger partial charge in [-0.1, -0.05) is 12.1 Å². The Kier molecular flexibility index (Phi) is 3.79. The molecule has 1 heterocycles. The Morgan fingerprint density at radius 2 is 1.94 bits per heavy atom. The van der Waals surface area contributed by atoms with E-state index in [9.17, 15) is 9.59 Å². The van der Waals surface area contributed by atoms with Gasteiger partial charge in [-0.25, -0.2) is 4.79 Å². The molecule has 4 N–H and O–H groups in total. The predicted molar refractivity (Wildman–Crippen MR) is 61.6 cm³/mol. The van der Waals surface area contributed by atoms with Crippen molar-refractivity contribution in [2.75, 3.05) is 7.05 Å². The maximum absolute atomic E-state index is 11.6. The minimum atomic E-state index is -1.21. The fourth-order valence-electron chi connectivity index (χ4n) is 1.33. The Labute approximate surface area is 91.5 Å². The number of aromatic carboxylic acids is 1. The van der Waals surface area contributed by atoms with Gasteiger partial charge in [-0.2, -0.15) is 0 Å². The highest BCUT2D eigenvalue weighted by molar-refractivity contribution is 5.92. The van der Waals surface area contributed by atoms with Crippen LogP contribution in [0.25, 0.3) is 10.9 Å². The molecule has 0 aliphatic carbocycles. The molecule has 0 aliphatic rings. The van der Waals surface area contributed by atoms with E-state index in [1.54, 1.807) is 24.3 Å². The van der Waals surface area contributed by atoms with E-state index >= 15 is 0 Å². The van der Waals surface area contributed by atoms with E-state index in [0.717, 1.165) is 0 Å². The maximum Gasteiger partial charge on any atom is 0.341 e. The summed E-state index contributed by atoms with van der Waals surface area (Å²) in [5, 5.41) is 9.10. The van der Waals surface area contributed by atoms with Gasteiger partial charge in [0.1, 0.15) is 5.56 Å². The Bertz CT molecular complexity index is 560. The van der Waals surface area contributed by atoms with E-state index in [4.69, 9.17) is 5.11 Å². The highest BCUT2D eigenvalue weighted by atomic mass is 16.4. The molecule has 0 spiro atoms. The van der Waals surface area contributed by atoms with Crippen molar-refractivity contribution >= 4 is 16.9 Å². The molecule has 5 heteroatoms. The largest absolute Gasteiger partial charge is 0.477 e. The zero-order chi connectivity index (χ0) is 12.1. The molecule has 5 nitrogen and oxygen atoms in total. The summed E-state index contributed by atoms with van der Waals surface area (Å²) in [6.45, 7) is 0. The van der Waals surface area contributed by atoms with Crippen LogP contribution in [0, 0.1) is 0 Å². The average Bonchev–Trinajstić information content (AvgIpc) is 2.32. The van der Waals surface area contributed by atoms with E-state index < -0.39 is 11.4 Å². The van der Waals surface area contributed by atoms with Crippen molar-refractivity contribution in [3.05, 3.63) is 46.2 Å². The topological polar surface area (TPSA) is 96.2 Å². The lowest BCUT2D eigenvalue weighted by Gasteiger charge is -1.98. The third-order valence-electron chi connectivity index (χ3n) is 2.02. The van der Waals surface area contributed by atoms with Crippen LogP contribution in [0.15, 0.2) is 35.3 Å². The fourth-order valence-corrected chi connectivity index (χ4v) is 1.33. The van der Waals surface area contributed by atoms with Crippen LogP contribution >= 0.6 is 0 Å². The molecule has 0 radical (unpaired) electrons. The lowest BCUT2D eigenvalue weighted by molar-refractivity contribution is 0.0695. The summed E-state index contributed by atoms with van der Waals surface area (Å²) in [7, 11) is 1.50. The zero-order valence-electron chi connectivity index (χ0n) is 8.73. The molecule has 1 aromatic heterocycles. The SMILES string of the molecule is CN.O=C(O)c1c[nH]c2ccccc2c1=O. The molecule has 0 bridgehead atoms. The van der Waals surface area contributed by atoms with Crippen LogP contribution in [0.1, 0.15) is 10.4 Å². The second-order valence-electron chi connectivity index (χ2n) is 2.88. The summed E-state index contributed by atoms with van der Waals surface area (Å²) in [5.41, 5.74) is 4.46. The molecule has 1 aromatic carbocycles. The van der Waals surface area contributed by atoms with Gasteiger partial charge in [-0.05, 0) is 19.2 Å². The molecule has 0 atom stereocenters. The van der Waals surface area contributed by atoms with Crippen LogP contribution in [-0.2, 0) is 0 Å². The van der Waals surface area contributed by atoms with Gasteiger partial charge in [0.05, 0.1) is 0 Å². The third kappa shape index (κ3) is 2.09. The highest BCUT2D eigenvalue weighted by Crippen LogP contribution is 2.06. The number of nitrogens with one attached hydrogen (secondary N) is 1. The first-order chi connectivity index (χ1) is 7.70. The zero-order valence-corrected chi connectivity index (χ0v) is 8.73. The molecule has 0 fully saturated rings. The molecule has 0 aliphatic heterocycles. The molecule has 0 amide bonds. The van der Waals surface area contributed by atoms with Crippen LogP contribution in [0.3, 0.4) is 0 Å². The van der Waals surface area contributed by atoms with E-state index in [1.165, 1.54) is 13.2 Å². The normalized spacial score (nSPS) is 9.38. The second-order valence-corrected chi connectivity index (χ2v) is 2.88. The molecule has 0 saturated heterocycles. The first kappa shape index (κ1) is 11.9. The number of carbonyl (C=O) groups is 1. The molecular formula is C11H12N2O3. The first-order valence-corrected chi connectivity index (χ1v) is 4.61. The first-order valence-electron chi connectivity index (χ1n) is 4.61. The minimum Gasteiger partial charge on any atom is -0.477 e. The molecule has 2 aromatic rings.